The topological polar surface area (TPSA) is 92.3 Å². The van der Waals surface area contributed by atoms with E-state index in [0.29, 0.717) is 30.8 Å². The van der Waals surface area contributed by atoms with Crippen LogP contribution in [-0.2, 0) is 15.8 Å². The number of benzene rings is 2. The number of hydrogen-bond donors (Lipinski definition) is 1. The van der Waals surface area contributed by atoms with Gasteiger partial charge in [-0.15, -0.1) is 10.2 Å². The molecule has 0 aliphatic carbocycles. The van der Waals surface area contributed by atoms with Crippen LogP contribution in [0, 0.1) is 0 Å². The number of rotatable bonds is 7. The Labute approximate surface area is 192 Å². The van der Waals surface area contributed by atoms with Crippen molar-refractivity contribution in [3.63, 3.8) is 0 Å². The maximum absolute atomic E-state index is 12.4. The number of thioether (sulfide) groups is 1. The molecule has 0 atom stereocenters. The van der Waals surface area contributed by atoms with E-state index in [4.69, 9.17) is 23.2 Å². The summed E-state index contributed by atoms with van der Waals surface area (Å²) in [7, 11) is -0.655. The fourth-order valence-corrected chi connectivity index (χ4v) is 5.46. The molecule has 3 rings (SSSR count). The highest BCUT2D eigenvalue weighted by atomic mass is 35.5. The van der Waals surface area contributed by atoms with Crippen LogP contribution in [0.5, 0.6) is 0 Å². The molecule has 1 N–H and O–H groups in total. The lowest BCUT2D eigenvalue weighted by molar-refractivity contribution is 0.102. The second-order valence-electron chi connectivity index (χ2n) is 6.16. The summed E-state index contributed by atoms with van der Waals surface area (Å²) < 4.78 is 26.0. The Bertz CT molecular complexity index is 1170. The first kappa shape index (κ1) is 23.0. The Morgan fingerprint density at radius 1 is 1.13 bits per heavy atom. The molecule has 158 valence electrons. The van der Waals surface area contributed by atoms with Crippen LogP contribution in [0.2, 0.25) is 10.0 Å². The molecule has 0 fully saturated rings. The molecule has 0 radical (unpaired) electrons. The Morgan fingerprint density at radius 2 is 1.83 bits per heavy atom. The number of halogens is 2. The number of sulfonamides is 1. The monoisotopic (exact) mass is 502 g/mol. The predicted molar refractivity (Wildman–Crippen MR) is 121 cm³/mol. The zero-order valence-electron chi connectivity index (χ0n) is 15.8. The molecule has 2 aromatic carbocycles. The van der Waals surface area contributed by atoms with Crippen molar-refractivity contribution in [3.8, 4) is 0 Å². The van der Waals surface area contributed by atoms with E-state index >= 15 is 0 Å². The Hall–Kier alpha value is -1.69. The van der Waals surface area contributed by atoms with E-state index in [1.54, 1.807) is 12.1 Å². The second-order valence-corrected chi connectivity index (χ2v) is 11.4. The van der Waals surface area contributed by atoms with Gasteiger partial charge < -0.3 is 0 Å². The van der Waals surface area contributed by atoms with Gasteiger partial charge in [-0.3, -0.25) is 10.1 Å². The van der Waals surface area contributed by atoms with E-state index in [-0.39, 0.29) is 4.90 Å². The molecule has 0 saturated carbocycles. The van der Waals surface area contributed by atoms with Gasteiger partial charge in [0.25, 0.3) is 5.91 Å². The first-order chi connectivity index (χ1) is 14.2. The van der Waals surface area contributed by atoms with Gasteiger partial charge in [-0.1, -0.05) is 52.4 Å². The summed E-state index contributed by atoms with van der Waals surface area (Å²) in [5.74, 6) is 0.178. The van der Waals surface area contributed by atoms with Crippen LogP contribution in [0.4, 0.5) is 5.13 Å². The lowest BCUT2D eigenvalue weighted by Gasteiger charge is -2.11. The van der Waals surface area contributed by atoms with Gasteiger partial charge in [-0.25, -0.2) is 12.7 Å². The van der Waals surface area contributed by atoms with Gasteiger partial charge in [0.2, 0.25) is 15.2 Å². The normalized spacial score (nSPS) is 11.6. The molecule has 12 heteroatoms. The minimum atomic E-state index is -3.55. The first-order valence-electron chi connectivity index (χ1n) is 8.41. The van der Waals surface area contributed by atoms with E-state index in [0.717, 1.165) is 9.87 Å². The molecule has 0 bridgehead atoms. The van der Waals surface area contributed by atoms with Gasteiger partial charge in [-0.2, -0.15) is 0 Å². The number of carbonyl (C=O) groups is 1. The maximum Gasteiger partial charge on any atom is 0.257 e. The zero-order chi connectivity index (χ0) is 21.9. The van der Waals surface area contributed by atoms with Gasteiger partial charge in [-0.05, 0) is 42.0 Å². The number of nitrogens with zero attached hydrogens (tertiary/aromatic N) is 3. The highest BCUT2D eigenvalue weighted by molar-refractivity contribution is 8.00. The fourth-order valence-electron chi connectivity index (χ4n) is 2.26. The van der Waals surface area contributed by atoms with Crippen molar-refractivity contribution in [2.45, 2.75) is 15.0 Å². The molecule has 0 saturated heterocycles. The van der Waals surface area contributed by atoms with Crippen LogP contribution >= 0.6 is 46.3 Å². The summed E-state index contributed by atoms with van der Waals surface area (Å²) in [5.41, 5.74) is 1.23. The minimum Gasteiger partial charge on any atom is -0.296 e. The van der Waals surface area contributed by atoms with E-state index in [1.807, 2.05) is 6.07 Å². The Kier molecular flexibility index (Phi) is 7.38. The predicted octanol–water partition coefficient (Wildman–Crippen LogP) is 4.64. The van der Waals surface area contributed by atoms with Crippen molar-refractivity contribution >= 4 is 67.4 Å². The Morgan fingerprint density at radius 3 is 2.47 bits per heavy atom. The third-order valence-electron chi connectivity index (χ3n) is 3.89. The van der Waals surface area contributed by atoms with Crippen LogP contribution < -0.4 is 5.32 Å². The Balaban J connectivity index is 1.62. The van der Waals surface area contributed by atoms with Crippen molar-refractivity contribution in [1.29, 1.82) is 0 Å². The molecule has 0 aliphatic heterocycles. The van der Waals surface area contributed by atoms with E-state index in [9.17, 15) is 13.2 Å². The summed E-state index contributed by atoms with van der Waals surface area (Å²) in [6.07, 6.45) is 0. The quantitative estimate of drug-likeness (QED) is 0.373. The van der Waals surface area contributed by atoms with Crippen molar-refractivity contribution in [1.82, 2.24) is 14.5 Å². The summed E-state index contributed by atoms with van der Waals surface area (Å²) in [4.78, 5) is 12.5. The summed E-state index contributed by atoms with van der Waals surface area (Å²) in [5, 5.41) is 12.2. The first-order valence-corrected chi connectivity index (χ1v) is 12.4. The number of aromatic nitrogens is 2. The van der Waals surface area contributed by atoms with Crippen molar-refractivity contribution in [3.05, 3.63) is 63.6 Å². The highest BCUT2D eigenvalue weighted by Gasteiger charge is 2.18. The molecule has 7 nitrogen and oxygen atoms in total. The number of nitrogens with one attached hydrogen (secondary N) is 1. The summed E-state index contributed by atoms with van der Waals surface area (Å²) in [6, 6.07) is 11.0. The molecule has 3 aromatic rings. The van der Waals surface area contributed by atoms with Crippen LogP contribution in [0.25, 0.3) is 0 Å². The van der Waals surface area contributed by atoms with Gasteiger partial charge in [0.15, 0.2) is 4.34 Å². The van der Waals surface area contributed by atoms with Crippen molar-refractivity contribution in [2.24, 2.45) is 0 Å². The third-order valence-corrected chi connectivity index (χ3v) is 8.33. The van der Waals surface area contributed by atoms with E-state index in [1.165, 1.54) is 61.5 Å². The average molecular weight is 503 g/mol. The van der Waals surface area contributed by atoms with Gasteiger partial charge in [0.05, 0.1) is 4.90 Å². The molecule has 30 heavy (non-hydrogen) atoms. The summed E-state index contributed by atoms with van der Waals surface area (Å²) in [6.45, 7) is 0. The van der Waals surface area contributed by atoms with Crippen LogP contribution in [-0.4, -0.2) is 42.9 Å². The number of amides is 1. The number of hydrogen-bond acceptors (Lipinski definition) is 7. The maximum atomic E-state index is 12.4. The van der Waals surface area contributed by atoms with E-state index in [2.05, 4.69) is 15.5 Å². The van der Waals surface area contributed by atoms with Crippen molar-refractivity contribution < 1.29 is 13.2 Å². The fraction of sp³-hybridized carbons (Fsp3) is 0.167. The van der Waals surface area contributed by atoms with Crippen LogP contribution in [0.1, 0.15) is 15.9 Å². The van der Waals surface area contributed by atoms with Gasteiger partial charge >= 0.3 is 0 Å². The van der Waals surface area contributed by atoms with E-state index < -0.39 is 15.9 Å². The molecule has 0 aliphatic rings. The SMILES string of the molecule is CN(C)S(=O)(=O)c1ccc(C(=O)Nc2nnc(SCc3ccc(Cl)cc3Cl)s2)cc1. The standard InChI is InChI=1S/C18H16Cl2N4O3S3/c1-24(2)30(26,27)14-7-4-11(5-8-14)16(25)21-17-22-23-18(29-17)28-10-12-3-6-13(19)9-15(12)20/h3-9H,10H2,1-2H3,(H,21,22,25). The van der Waals surface area contributed by atoms with Gasteiger partial charge in [0.1, 0.15) is 0 Å². The van der Waals surface area contributed by atoms with Gasteiger partial charge in [0, 0.05) is 35.5 Å². The summed E-state index contributed by atoms with van der Waals surface area (Å²) >= 11 is 14.7. The molecule has 1 amide bonds. The zero-order valence-corrected chi connectivity index (χ0v) is 19.8. The second kappa shape index (κ2) is 9.63. The number of carbonyl (C=O) groups excluding carboxylic acids is 1. The largest absolute Gasteiger partial charge is 0.296 e. The highest BCUT2D eigenvalue weighted by Crippen LogP contribution is 2.31. The molecular formula is C18H16Cl2N4O3S3. The third kappa shape index (κ3) is 5.51. The minimum absolute atomic E-state index is 0.111. The lowest BCUT2D eigenvalue weighted by atomic mass is 10.2. The lowest BCUT2D eigenvalue weighted by Crippen LogP contribution is -2.22. The van der Waals surface area contributed by atoms with Crippen LogP contribution in [0.3, 0.4) is 0 Å². The molecule has 1 heterocycles. The average Bonchev–Trinajstić information content (AvgIpc) is 3.14. The van der Waals surface area contributed by atoms with Crippen molar-refractivity contribution in [2.75, 3.05) is 19.4 Å². The van der Waals surface area contributed by atoms with Crippen LogP contribution in [0.15, 0.2) is 51.7 Å². The molecular weight excluding hydrogens is 487 g/mol. The molecule has 0 unspecified atom stereocenters. The smallest absolute Gasteiger partial charge is 0.257 e. The molecule has 0 spiro atoms. The molecule has 1 aromatic heterocycles. The number of anilines is 1.